The number of ether oxygens (including phenoxy) is 1. The first-order valence-corrected chi connectivity index (χ1v) is 10.6. The van der Waals surface area contributed by atoms with Gasteiger partial charge in [0.05, 0.1) is 25.0 Å². The van der Waals surface area contributed by atoms with Gasteiger partial charge in [0.1, 0.15) is 0 Å². The number of nitrogens with zero attached hydrogens (tertiary/aromatic N) is 1. The highest BCUT2D eigenvalue weighted by atomic mass is 32.2. The smallest absolute Gasteiger partial charge is 0.230 e. The number of carbonyl (C=O) groups excluding carboxylic acids is 1. The zero-order valence-electron chi connectivity index (χ0n) is 15.9. The fourth-order valence-electron chi connectivity index (χ4n) is 3.26. The van der Waals surface area contributed by atoms with Crippen molar-refractivity contribution in [3.63, 3.8) is 0 Å². The van der Waals surface area contributed by atoms with E-state index in [0.29, 0.717) is 5.75 Å². The van der Waals surface area contributed by atoms with Crippen LogP contribution in [-0.4, -0.2) is 49.4 Å². The molecule has 1 N–H and O–H groups in total. The van der Waals surface area contributed by atoms with Gasteiger partial charge < -0.3 is 10.1 Å². The van der Waals surface area contributed by atoms with E-state index in [1.165, 1.54) is 11.1 Å². The molecule has 1 heterocycles. The van der Waals surface area contributed by atoms with Crippen molar-refractivity contribution < 1.29 is 9.53 Å². The number of amides is 1. The molecule has 1 aliphatic heterocycles. The summed E-state index contributed by atoms with van der Waals surface area (Å²) >= 11 is 1.66. The average Bonchev–Trinajstić information content (AvgIpc) is 2.69. The lowest BCUT2D eigenvalue weighted by Crippen LogP contribution is -2.43. The van der Waals surface area contributed by atoms with Crippen molar-refractivity contribution >= 4 is 17.7 Å². The Balaban J connectivity index is 1.53. The van der Waals surface area contributed by atoms with E-state index in [-0.39, 0.29) is 11.9 Å². The van der Waals surface area contributed by atoms with E-state index in [1.54, 1.807) is 11.8 Å². The number of hydrogen-bond donors (Lipinski definition) is 1. The molecule has 144 valence electrons. The van der Waals surface area contributed by atoms with Crippen molar-refractivity contribution in [2.24, 2.45) is 0 Å². The van der Waals surface area contributed by atoms with Gasteiger partial charge in [-0.25, -0.2) is 0 Å². The average molecular weight is 385 g/mol. The molecule has 4 nitrogen and oxygen atoms in total. The van der Waals surface area contributed by atoms with Crippen molar-refractivity contribution in [2.45, 2.75) is 18.7 Å². The Kier molecular flexibility index (Phi) is 7.75. The summed E-state index contributed by atoms with van der Waals surface area (Å²) in [6.07, 6.45) is 0. The Labute approximate surface area is 166 Å². The first-order chi connectivity index (χ1) is 13.2. The summed E-state index contributed by atoms with van der Waals surface area (Å²) in [6, 6.07) is 18.7. The second kappa shape index (κ2) is 10.5. The molecule has 0 aliphatic carbocycles. The van der Waals surface area contributed by atoms with Gasteiger partial charge in [-0.15, -0.1) is 11.8 Å². The fraction of sp³-hybridized carbons (Fsp3) is 0.409. The van der Waals surface area contributed by atoms with E-state index in [0.717, 1.165) is 44.2 Å². The summed E-state index contributed by atoms with van der Waals surface area (Å²) < 4.78 is 5.44. The summed E-state index contributed by atoms with van der Waals surface area (Å²) in [6.45, 7) is 6.28. The van der Waals surface area contributed by atoms with Gasteiger partial charge in [-0.3, -0.25) is 9.69 Å². The number of carbonyl (C=O) groups is 1. The molecule has 27 heavy (non-hydrogen) atoms. The van der Waals surface area contributed by atoms with E-state index in [2.05, 4.69) is 53.5 Å². The van der Waals surface area contributed by atoms with Crippen LogP contribution in [0.1, 0.15) is 22.7 Å². The molecule has 0 saturated carbocycles. The third kappa shape index (κ3) is 6.69. The zero-order chi connectivity index (χ0) is 18.9. The van der Waals surface area contributed by atoms with Crippen molar-refractivity contribution in [2.75, 3.05) is 38.6 Å². The van der Waals surface area contributed by atoms with Crippen LogP contribution in [0.3, 0.4) is 0 Å². The fourth-order valence-corrected chi connectivity index (χ4v) is 4.05. The maximum Gasteiger partial charge on any atom is 0.230 e. The SMILES string of the molecule is Cc1cccc(CSCC(=O)NC(CN2CCOCC2)c2ccccc2)c1. The largest absolute Gasteiger partial charge is 0.379 e. The molecule has 0 spiro atoms. The van der Waals surface area contributed by atoms with Gasteiger partial charge in [0.2, 0.25) is 5.91 Å². The lowest BCUT2D eigenvalue weighted by molar-refractivity contribution is -0.119. The van der Waals surface area contributed by atoms with Crippen LogP contribution < -0.4 is 5.32 Å². The summed E-state index contributed by atoms with van der Waals surface area (Å²) in [4.78, 5) is 14.9. The van der Waals surface area contributed by atoms with Crippen molar-refractivity contribution in [3.8, 4) is 0 Å². The molecular weight excluding hydrogens is 356 g/mol. The van der Waals surface area contributed by atoms with Gasteiger partial charge in [0.25, 0.3) is 0 Å². The minimum absolute atomic E-state index is 0.0105. The number of morpholine rings is 1. The van der Waals surface area contributed by atoms with Crippen LogP contribution in [0.5, 0.6) is 0 Å². The molecule has 2 aromatic carbocycles. The molecule has 2 aromatic rings. The van der Waals surface area contributed by atoms with Gasteiger partial charge in [0.15, 0.2) is 0 Å². The summed E-state index contributed by atoms with van der Waals surface area (Å²) in [5.41, 5.74) is 3.67. The van der Waals surface area contributed by atoms with Crippen LogP contribution in [0, 0.1) is 6.92 Å². The predicted octanol–water partition coefficient (Wildman–Crippen LogP) is 3.42. The monoisotopic (exact) mass is 384 g/mol. The molecule has 3 rings (SSSR count). The minimum Gasteiger partial charge on any atom is -0.379 e. The Hall–Kier alpha value is -1.82. The number of nitrogens with one attached hydrogen (secondary N) is 1. The van der Waals surface area contributed by atoms with Crippen LogP contribution in [0.2, 0.25) is 0 Å². The Morgan fingerprint density at radius 1 is 1.15 bits per heavy atom. The van der Waals surface area contributed by atoms with Crippen molar-refractivity contribution in [3.05, 3.63) is 71.3 Å². The van der Waals surface area contributed by atoms with Gasteiger partial charge in [0, 0.05) is 25.4 Å². The Morgan fingerprint density at radius 3 is 2.67 bits per heavy atom. The van der Waals surface area contributed by atoms with E-state index < -0.39 is 0 Å². The molecule has 0 radical (unpaired) electrons. The lowest BCUT2D eigenvalue weighted by Gasteiger charge is -2.31. The lowest BCUT2D eigenvalue weighted by atomic mass is 10.1. The van der Waals surface area contributed by atoms with Crippen LogP contribution in [0.25, 0.3) is 0 Å². The van der Waals surface area contributed by atoms with E-state index in [1.807, 2.05) is 18.2 Å². The molecule has 1 atom stereocenters. The van der Waals surface area contributed by atoms with Gasteiger partial charge in [-0.1, -0.05) is 60.2 Å². The highest BCUT2D eigenvalue weighted by Gasteiger charge is 2.20. The topological polar surface area (TPSA) is 41.6 Å². The number of benzene rings is 2. The van der Waals surface area contributed by atoms with E-state index in [4.69, 9.17) is 4.74 Å². The van der Waals surface area contributed by atoms with Crippen molar-refractivity contribution in [1.82, 2.24) is 10.2 Å². The number of aryl methyl sites for hydroxylation is 1. The maximum absolute atomic E-state index is 12.6. The van der Waals surface area contributed by atoms with E-state index >= 15 is 0 Å². The number of thioether (sulfide) groups is 1. The van der Waals surface area contributed by atoms with Crippen LogP contribution in [-0.2, 0) is 15.3 Å². The Morgan fingerprint density at radius 2 is 1.93 bits per heavy atom. The second-order valence-electron chi connectivity index (χ2n) is 6.93. The molecule has 0 bridgehead atoms. The number of rotatable bonds is 8. The molecule has 1 fully saturated rings. The molecule has 5 heteroatoms. The van der Waals surface area contributed by atoms with Crippen LogP contribution in [0.4, 0.5) is 0 Å². The Bertz CT molecular complexity index is 717. The van der Waals surface area contributed by atoms with Gasteiger partial charge in [-0.2, -0.15) is 0 Å². The van der Waals surface area contributed by atoms with Gasteiger partial charge in [-0.05, 0) is 18.1 Å². The molecule has 1 aliphatic rings. The van der Waals surface area contributed by atoms with Crippen molar-refractivity contribution in [1.29, 1.82) is 0 Å². The summed E-state index contributed by atoms with van der Waals surface area (Å²) in [5, 5.41) is 3.24. The quantitative estimate of drug-likeness (QED) is 0.757. The molecule has 1 saturated heterocycles. The first kappa shape index (κ1) is 19.9. The molecule has 1 unspecified atom stereocenters. The molecule has 1 amide bonds. The predicted molar refractivity (Wildman–Crippen MR) is 112 cm³/mol. The maximum atomic E-state index is 12.6. The van der Waals surface area contributed by atoms with Crippen LogP contribution in [0.15, 0.2) is 54.6 Å². The highest BCUT2D eigenvalue weighted by Crippen LogP contribution is 2.17. The summed E-state index contributed by atoms with van der Waals surface area (Å²) in [7, 11) is 0. The normalized spacial score (nSPS) is 16.0. The number of hydrogen-bond acceptors (Lipinski definition) is 4. The third-order valence-electron chi connectivity index (χ3n) is 4.67. The standard InChI is InChI=1S/C22H28N2O2S/c1-18-6-5-7-19(14-18)16-27-17-22(25)23-21(20-8-3-2-4-9-20)15-24-10-12-26-13-11-24/h2-9,14,21H,10-13,15-17H2,1H3,(H,23,25). The summed E-state index contributed by atoms with van der Waals surface area (Å²) in [5.74, 6) is 1.42. The van der Waals surface area contributed by atoms with E-state index in [9.17, 15) is 4.79 Å². The third-order valence-corrected chi connectivity index (χ3v) is 5.67. The highest BCUT2D eigenvalue weighted by molar-refractivity contribution is 7.99. The zero-order valence-corrected chi connectivity index (χ0v) is 16.7. The van der Waals surface area contributed by atoms with Crippen LogP contribution >= 0.6 is 11.8 Å². The van der Waals surface area contributed by atoms with Gasteiger partial charge >= 0.3 is 0 Å². The minimum atomic E-state index is 0.0105. The first-order valence-electron chi connectivity index (χ1n) is 9.48. The molecular formula is C22H28N2O2S. The second-order valence-corrected chi connectivity index (χ2v) is 7.91. The molecule has 0 aromatic heterocycles.